The highest BCUT2D eigenvalue weighted by Crippen LogP contribution is 2.52. The second kappa shape index (κ2) is 10.5. The summed E-state index contributed by atoms with van der Waals surface area (Å²) < 4.78 is 36.4. The first-order valence-corrected chi connectivity index (χ1v) is 15.5. The molecule has 3 heterocycles. The number of aryl methyl sites for hydroxylation is 1. The molecule has 0 radical (unpaired) electrons. The molecule has 0 bridgehead atoms. The first-order chi connectivity index (χ1) is 21.9. The summed E-state index contributed by atoms with van der Waals surface area (Å²) in [5.41, 5.74) is 7.04. The van der Waals surface area contributed by atoms with Gasteiger partial charge in [0.05, 0.1) is 16.9 Å². The van der Waals surface area contributed by atoms with E-state index in [1.807, 2.05) is 36.5 Å². The zero-order chi connectivity index (χ0) is 34.1. The van der Waals surface area contributed by atoms with Crippen LogP contribution < -0.4 is 9.64 Å². The Labute approximate surface area is 267 Å². The van der Waals surface area contributed by atoms with Crippen molar-refractivity contribution in [2.24, 2.45) is 4.99 Å². The lowest BCUT2D eigenvalue weighted by Gasteiger charge is -2.41. The Kier molecular flexibility index (Phi) is 6.28. The molecule has 1 aromatic heterocycles. The van der Waals surface area contributed by atoms with Gasteiger partial charge in [0.1, 0.15) is 23.9 Å². The molecule has 0 amide bonds. The number of anilines is 3. The number of hydrogen-bond donors (Lipinski definition) is 0. The van der Waals surface area contributed by atoms with Gasteiger partial charge in [-0.05, 0) is 96.8 Å². The fourth-order valence-corrected chi connectivity index (χ4v) is 6.12. The van der Waals surface area contributed by atoms with Crippen LogP contribution in [-0.4, -0.2) is 23.0 Å². The molecular formula is C39H45N3O2. The lowest BCUT2D eigenvalue weighted by atomic mass is 9.72. The largest absolute Gasteiger partial charge is 0.475 e. The quantitative estimate of drug-likeness (QED) is 0.232. The molecule has 0 spiro atoms. The molecule has 1 atom stereocenters. The predicted octanol–water partition coefficient (Wildman–Crippen LogP) is 10.3. The fraction of sp³-hybridized carbons (Fsp3) is 0.385. The van der Waals surface area contributed by atoms with Crippen molar-refractivity contribution < 1.29 is 13.6 Å². The standard InChI is InChI=1S/C39H45N3O2/c1-24(2)26-18-27(36-41-38(7,8)23-43-36)20-31(19-26)44-30-17-25(3)16-29(22-30)42-34-14-13-28(37(4,5)6)21-33(34)39(9,10)32-12-11-15-40-35(32)42/h11-22,24H,23H2,1-10H3/i7D3/t38-/m0/s1. The van der Waals surface area contributed by atoms with E-state index in [4.69, 9.17) is 18.6 Å². The monoisotopic (exact) mass is 590 g/mol. The number of aromatic nitrogens is 1. The summed E-state index contributed by atoms with van der Waals surface area (Å²) >= 11 is 0. The second-order valence-corrected chi connectivity index (χ2v) is 14.3. The molecule has 0 fully saturated rings. The first-order valence-electron chi connectivity index (χ1n) is 17.0. The summed E-state index contributed by atoms with van der Waals surface area (Å²) in [4.78, 5) is 11.7. The molecule has 0 saturated heterocycles. The second-order valence-electron chi connectivity index (χ2n) is 14.3. The van der Waals surface area contributed by atoms with Crippen LogP contribution in [0.2, 0.25) is 0 Å². The number of pyridine rings is 1. The number of fused-ring (bicyclic) bond motifs is 2. The number of rotatable bonds is 5. The van der Waals surface area contributed by atoms with Gasteiger partial charge in [-0.1, -0.05) is 66.7 Å². The van der Waals surface area contributed by atoms with E-state index in [1.165, 1.54) is 16.7 Å². The Morgan fingerprint density at radius 1 is 0.955 bits per heavy atom. The van der Waals surface area contributed by atoms with Gasteiger partial charge in [-0.25, -0.2) is 9.98 Å². The summed E-state index contributed by atoms with van der Waals surface area (Å²) in [6.45, 7) is 16.9. The molecule has 5 heteroatoms. The van der Waals surface area contributed by atoms with Gasteiger partial charge in [0, 0.05) is 32.9 Å². The van der Waals surface area contributed by atoms with E-state index < -0.39 is 12.4 Å². The third kappa shape index (κ3) is 5.49. The van der Waals surface area contributed by atoms with E-state index in [1.54, 1.807) is 6.92 Å². The molecule has 2 aliphatic rings. The van der Waals surface area contributed by atoms with Crippen molar-refractivity contribution in [3.05, 3.63) is 106 Å². The molecular weight excluding hydrogens is 542 g/mol. The van der Waals surface area contributed by atoms with Crippen molar-refractivity contribution in [1.82, 2.24) is 4.98 Å². The van der Waals surface area contributed by atoms with Gasteiger partial charge in [-0.15, -0.1) is 0 Å². The van der Waals surface area contributed by atoms with Gasteiger partial charge < -0.3 is 9.47 Å². The van der Waals surface area contributed by atoms with Crippen molar-refractivity contribution >= 4 is 23.1 Å². The summed E-state index contributed by atoms with van der Waals surface area (Å²) in [7, 11) is 0. The van der Waals surface area contributed by atoms with Gasteiger partial charge in [0.15, 0.2) is 0 Å². The number of benzene rings is 3. The van der Waals surface area contributed by atoms with Crippen molar-refractivity contribution in [2.75, 3.05) is 11.5 Å². The summed E-state index contributed by atoms with van der Waals surface area (Å²) in [6, 6.07) is 23.2. The Morgan fingerprint density at radius 2 is 1.73 bits per heavy atom. The van der Waals surface area contributed by atoms with Crippen LogP contribution in [-0.2, 0) is 15.6 Å². The first kappa shape index (κ1) is 26.3. The highest BCUT2D eigenvalue weighted by Gasteiger charge is 2.38. The lowest BCUT2D eigenvalue weighted by Crippen LogP contribution is -2.32. The molecule has 5 nitrogen and oxygen atoms in total. The van der Waals surface area contributed by atoms with Crippen LogP contribution in [0.15, 0.2) is 77.9 Å². The number of nitrogens with zero attached hydrogens (tertiary/aromatic N) is 3. The van der Waals surface area contributed by atoms with E-state index in [0.717, 1.165) is 28.3 Å². The van der Waals surface area contributed by atoms with E-state index in [9.17, 15) is 0 Å². The van der Waals surface area contributed by atoms with Gasteiger partial charge in [-0.2, -0.15) is 0 Å². The van der Waals surface area contributed by atoms with Crippen molar-refractivity contribution in [1.29, 1.82) is 0 Å². The van der Waals surface area contributed by atoms with E-state index in [0.29, 0.717) is 23.0 Å². The maximum Gasteiger partial charge on any atom is 0.216 e. The number of aliphatic imine (C=N–C) groups is 1. The van der Waals surface area contributed by atoms with Gasteiger partial charge >= 0.3 is 0 Å². The smallest absolute Gasteiger partial charge is 0.216 e. The Morgan fingerprint density at radius 3 is 2.43 bits per heavy atom. The minimum absolute atomic E-state index is 0.00302. The zero-order valence-corrected chi connectivity index (χ0v) is 27.4. The highest BCUT2D eigenvalue weighted by molar-refractivity contribution is 5.96. The Balaban J connectivity index is 1.44. The third-order valence-electron chi connectivity index (χ3n) is 8.66. The lowest BCUT2D eigenvalue weighted by molar-refractivity contribution is 0.279. The molecule has 2 aliphatic heterocycles. The topological polar surface area (TPSA) is 47.0 Å². The predicted molar refractivity (Wildman–Crippen MR) is 182 cm³/mol. The molecule has 0 N–H and O–H groups in total. The van der Waals surface area contributed by atoms with Crippen LogP contribution in [0.1, 0.15) is 106 Å². The number of ether oxygens (including phenoxy) is 2. The van der Waals surface area contributed by atoms with E-state index in [2.05, 4.69) is 102 Å². The van der Waals surface area contributed by atoms with E-state index in [-0.39, 0.29) is 23.4 Å². The maximum atomic E-state index is 7.97. The minimum atomic E-state index is -2.27. The molecule has 0 unspecified atom stereocenters. The third-order valence-corrected chi connectivity index (χ3v) is 8.66. The van der Waals surface area contributed by atoms with E-state index >= 15 is 0 Å². The van der Waals surface area contributed by atoms with Crippen LogP contribution in [0, 0.1) is 6.92 Å². The van der Waals surface area contributed by atoms with Crippen LogP contribution in [0.3, 0.4) is 0 Å². The van der Waals surface area contributed by atoms with Crippen LogP contribution in [0.4, 0.5) is 17.2 Å². The van der Waals surface area contributed by atoms with Crippen LogP contribution in [0.25, 0.3) is 0 Å². The van der Waals surface area contributed by atoms with Gasteiger partial charge in [0.2, 0.25) is 5.90 Å². The summed E-state index contributed by atoms with van der Waals surface area (Å²) in [6.07, 6.45) is 1.85. The van der Waals surface area contributed by atoms with Gasteiger partial charge in [-0.3, -0.25) is 4.90 Å². The average Bonchev–Trinajstić information content (AvgIpc) is 3.40. The maximum absolute atomic E-state index is 7.97. The molecule has 44 heavy (non-hydrogen) atoms. The summed E-state index contributed by atoms with van der Waals surface area (Å²) in [5.74, 6) is 2.75. The highest BCUT2D eigenvalue weighted by atomic mass is 16.5. The molecule has 228 valence electrons. The Bertz CT molecular complexity index is 1890. The van der Waals surface area contributed by atoms with Crippen LogP contribution >= 0.6 is 0 Å². The van der Waals surface area contributed by atoms with Crippen molar-refractivity contribution in [3.8, 4) is 11.5 Å². The van der Waals surface area contributed by atoms with Crippen molar-refractivity contribution in [3.63, 3.8) is 0 Å². The summed E-state index contributed by atoms with van der Waals surface area (Å²) in [5, 5.41) is 0. The fourth-order valence-electron chi connectivity index (χ4n) is 6.12. The minimum Gasteiger partial charge on any atom is -0.475 e. The molecule has 4 aromatic rings. The normalized spacial score (nSPS) is 20.2. The SMILES string of the molecule is [2H]C([2H])([2H])[C@]1(C)COC(c2cc(Oc3cc(C)cc(N4c5ccc(C(C)(C)C)cc5C(C)(C)c5cccnc54)c3)cc(C(C)C)c2)=N1. The van der Waals surface area contributed by atoms with Crippen molar-refractivity contribution in [2.45, 2.75) is 91.5 Å². The Hall–Kier alpha value is -4.12. The average molecular weight is 591 g/mol. The zero-order valence-electron chi connectivity index (χ0n) is 30.4. The molecule has 0 saturated carbocycles. The molecule has 0 aliphatic carbocycles. The number of hydrogen-bond acceptors (Lipinski definition) is 5. The van der Waals surface area contributed by atoms with Crippen LogP contribution in [0.5, 0.6) is 11.5 Å². The van der Waals surface area contributed by atoms with Gasteiger partial charge in [0.25, 0.3) is 0 Å². The molecule has 6 rings (SSSR count). The molecule has 3 aromatic carbocycles.